The zero-order valence-electron chi connectivity index (χ0n) is 11.8. The van der Waals surface area contributed by atoms with Crippen molar-refractivity contribution in [3.05, 3.63) is 48.9 Å². The molecular formula is C16H16N4O. The van der Waals surface area contributed by atoms with Gasteiger partial charge in [0.25, 0.3) is 0 Å². The Morgan fingerprint density at radius 2 is 2.05 bits per heavy atom. The molecule has 2 heterocycles. The van der Waals surface area contributed by atoms with Gasteiger partial charge in [-0.25, -0.2) is 0 Å². The van der Waals surface area contributed by atoms with Gasteiger partial charge in [0.15, 0.2) is 5.75 Å². The molecule has 5 heteroatoms. The van der Waals surface area contributed by atoms with Crippen LogP contribution in [0, 0.1) is 0 Å². The average Bonchev–Trinajstić information content (AvgIpc) is 2.54. The molecule has 1 N–H and O–H groups in total. The Labute approximate surface area is 123 Å². The van der Waals surface area contributed by atoms with Crippen LogP contribution in [-0.4, -0.2) is 21.5 Å². The number of hydrogen-bond acceptors (Lipinski definition) is 5. The molecule has 0 bridgehead atoms. The molecule has 2 aromatic heterocycles. The number of rotatable bonds is 5. The molecule has 3 rings (SSSR count). The van der Waals surface area contributed by atoms with Gasteiger partial charge in [0, 0.05) is 18.1 Å². The minimum absolute atomic E-state index is 0.453. The number of nitrogens with one attached hydrogen (secondary N) is 1. The number of aromatic nitrogens is 3. The van der Waals surface area contributed by atoms with E-state index in [0.717, 1.165) is 23.9 Å². The minimum atomic E-state index is 0.453. The van der Waals surface area contributed by atoms with Gasteiger partial charge >= 0.3 is 0 Å². The van der Waals surface area contributed by atoms with E-state index in [1.807, 2.05) is 30.3 Å². The van der Waals surface area contributed by atoms with Crippen LogP contribution < -0.4 is 10.1 Å². The Bertz CT molecular complexity index is 740. The van der Waals surface area contributed by atoms with E-state index < -0.39 is 0 Å². The molecule has 1 aromatic carbocycles. The number of ether oxygens (including phenoxy) is 1. The molecule has 0 spiro atoms. The fourth-order valence-electron chi connectivity index (χ4n) is 2.01. The molecule has 0 aliphatic heterocycles. The maximum Gasteiger partial charge on any atom is 0.239 e. The summed E-state index contributed by atoms with van der Waals surface area (Å²) in [6.45, 7) is 2.95. The molecule has 0 saturated heterocycles. The zero-order valence-corrected chi connectivity index (χ0v) is 11.8. The van der Waals surface area contributed by atoms with Gasteiger partial charge in [0.2, 0.25) is 5.88 Å². The lowest BCUT2D eigenvalue weighted by Crippen LogP contribution is -2.03. The van der Waals surface area contributed by atoms with Gasteiger partial charge in [-0.15, -0.1) is 0 Å². The van der Waals surface area contributed by atoms with Crippen molar-refractivity contribution in [3.8, 4) is 11.6 Å². The number of nitrogens with zero attached hydrogens (tertiary/aromatic N) is 3. The van der Waals surface area contributed by atoms with Gasteiger partial charge < -0.3 is 10.1 Å². The fraction of sp³-hybridized carbons (Fsp3) is 0.188. The van der Waals surface area contributed by atoms with E-state index in [0.29, 0.717) is 17.4 Å². The van der Waals surface area contributed by atoms with Crippen LogP contribution in [0.25, 0.3) is 10.9 Å². The van der Waals surface area contributed by atoms with E-state index >= 15 is 0 Å². The van der Waals surface area contributed by atoms with E-state index in [1.165, 1.54) is 0 Å². The van der Waals surface area contributed by atoms with E-state index in [2.05, 4.69) is 27.2 Å². The first-order valence-corrected chi connectivity index (χ1v) is 6.94. The third kappa shape index (κ3) is 3.08. The molecule has 0 radical (unpaired) electrons. The zero-order chi connectivity index (χ0) is 14.5. The highest BCUT2D eigenvalue weighted by atomic mass is 16.5. The van der Waals surface area contributed by atoms with Crippen molar-refractivity contribution in [2.45, 2.75) is 13.3 Å². The molecule has 0 amide bonds. The van der Waals surface area contributed by atoms with Crippen LogP contribution in [0.3, 0.4) is 0 Å². The van der Waals surface area contributed by atoms with Gasteiger partial charge in [0.05, 0.1) is 12.4 Å². The Morgan fingerprint density at radius 1 is 1.14 bits per heavy atom. The monoisotopic (exact) mass is 280 g/mol. The van der Waals surface area contributed by atoms with Gasteiger partial charge in [-0.1, -0.05) is 25.1 Å². The molecule has 3 aromatic rings. The topological polar surface area (TPSA) is 59.9 Å². The summed E-state index contributed by atoms with van der Waals surface area (Å²) in [5, 5.41) is 4.22. The van der Waals surface area contributed by atoms with Gasteiger partial charge in [-0.2, -0.15) is 4.98 Å². The second kappa shape index (κ2) is 6.17. The van der Waals surface area contributed by atoms with Crippen LogP contribution in [-0.2, 0) is 0 Å². The van der Waals surface area contributed by atoms with Crippen molar-refractivity contribution < 1.29 is 4.74 Å². The lowest BCUT2D eigenvalue weighted by molar-refractivity contribution is 0.465. The summed E-state index contributed by atoms with van der Waals surface area (Å²) in [7, 11) is 0. The molecule has 0 fully saturated rings. The highest BCUT2D eigenvalue weighted by Gasteiger charge is 2.06. The second-order valence-corrected chi connectivity index (χ2v) is 4.60. The van der Waals surface area contributed by atoms with Gasteiger partial charge in [-0.3, -0.25) is 9.97 Å². The van der Waals surface area contributed by atoms with Gasteiger partial charge in [-0.05, 0) is 18.6 Å². The van der Waals surface area contributed by atoms with E-state index in [4.69, 9.17) is 4.74 Å². The minimum Gasteiger partial charge on any atom is -0.435 e. The van der Waals surface area contributed by atoms with Crippen LogP contribution in [0.4, 0.5) is 5.82 Å². The Hall–Kier alpha value is -2.69. The normalized spacial score (nSPS) is 10.5. The summed E-state index contributed by atoms with van der Waals surface area (Å²) in [6.07, 6.45) is 6.06. The fourth-order valence-corrected chi connectivity index (χ4v) is 2.01. The van der Waals surface area contributed by atoms with E-state index in [9.17, 15) is 0 Å². The Kier molecular flexibility index (Phi) is 3.91. The van der Waals surface area contributed by atoms with Crippen LogP contribution in [0.2, 0.25) is 0 Å². The Balaban J connectivity index is 1.88. The summed E-state index contributed by atoms with van der Waals surface area (Å²) < 4.78 is 5.84. The highest BCUT2D eigenvalue weighted by molar-refractivity contribution is 5.84. The molecule has 5 nitrogen and oxygen atoms in total. The standard InChI is InChI=1S/C16H16N4O/c1-2-8-18-14-10-17-11-15(20-14)21-13-7-3-5-12-6-4-9-19-16(12)13/h3-7,9-11H,2,8H2,1H3,(H,18,20). The van der Waals surface area contributed by atoms with Crippen molar-refractivity contribution in [3.63, 3.8) is 0 Å². The largest absolute Gasteiger partial charge is 0.435 e. The first kappa shape index (κ1) is 13.3. The van der Waals surface area contributed by atoms with Gasteiger partial charge in [0.1, 0.15) is 11.3 Å². The maximum absolute atomic E-state index is 5.84. The maximum atomic E-state index is 5.84. The summed E-state index contributed by atoms with van der Waals surface area (Å²) in [5.74, 6) is 1.84. The predicted octanol–water partition coefficient (Wildman–Crippen LogP) is 3.64. The first-order valence-electron chi connectivity index (χ1n) is 6.94. The number of para-hydroxylation sites is 1. The van der Waals surface area contributed by atoms with Crippen LogP contribution >= 0.6 is 0 Å². The third-order valence-electron chi connectivity index (χ3n) is 2.98. The number of pyridine rings is 1. The quantitative estimate of drug-likeness (QED) is 0.773. The van der Waals surface area contributed by atoms with Crippen molar-refractivity contribution in [2.75, 3.05) is 11.9 Å². The molecule has 0 aliphatic carbocycles. The summed E-state index contributed by atoms with van der Waals surface area (Å²) in [6, 6.07) is 9.72. The van der Waals surface area contributed by atoms with E-state index in [-0.39, 0.29) is 0 Å². The lowest BCUT2D eigenvalue weighted by atomic mass is 10.2. The van der Waals surface area contributed by atoms with Crippen LogP contribution in [0.15, 0.2) is 48.9 Å². The first-order chi connectivity index (χ1) is 10.4. The molecular weight excluding hydrogens is 264 g/mol. The number of fused-ring (bicyclic) bond motifs is 1. The average molecular weight is 280 g/mol. The molecule has 106 valence electrons. The highest BCUT2D eigenvalue weighted by Crippen LogP contribution is 2.27. The molecule has 0 unspecified atom stereocenters. The van der Waals surface area contributed by atoms with Crippen molar-refractivity contribution in [2.24, 2.45) is 0 Å². The number of benzene rings is 1. The van der Waals surface area contributed by atoms with Crippen molar-refractivity contribution in [1.82, 2.24) is 15.0 Å². The number of hydrogen-bond donors (Lipinski definition) is 1. The number of anilines is 1. The molecule has 0 aliphatic rings. The lowest BCUT2D eigenvalue weighted by Gasteiger charge is -2.08. The Morgan fingerprint density at radius 3 is 2.95 bits per heavy atom. The van der Waals surface area contributed by atoms with Crippen LogP contribution in [0.5, 0.6) is 11.6 Å². The summed E-state index contributed by atoms with van der Waals surface area (Å²) in [5.41, 5.74) is 0.814. The molecule has 0 atom stereocenters. The third-order valence-corrected chi connectivity index (χ3v) is 2.98. The SMILES string of the molecule is CCCNc1cncc(Oc2cccc3cccnc23)n1. The summed E-state index contributed by atoms with van der Waals surface area (Å²) in [4.78, 5) is 12.9. The second-order valence-electron chi connectivity index (χ2n) is 4.60. The van der Waals surface area contributed by atoms with Crippen LogP contribution in [0.1, 0.15) is 13.3 Å². The predicted molar refractivity (Wildman–Crippen MR) is 82.6 cm³/mol. The molecule has 21 heavy (non-hydrogen) atoms. The van der Waals surface area contributed by atoms with Crippen molar-refractivity contribution >= 4 is 16.7 Å². The molecule has 0 saturated carbocycles. The summed E-state index contributed by atoms with van der Waals surface area (Å²) >= 11 is 0. The smallest absolute Gasteiger partial charge is 0.239 e. The van der Waals surface area contributed by atoms with Crippen molar-refractivity contribution in [1.29, 1.82) is 0 Å². The van der Waals surface area contributed by atoms with E-state index in [1.54, 1.807) is 18.6 Å².